The van der Waals surface area contributed by atoms with Gasteiger partial charge in [0.2, 0.25) is 0 Å². The van der Waals surface area contributed by atoms with Gasteiger partial charge in [-0.2, -0.15) is 13.2 Å². The molecule has 1 heterocycles. The van der Waals surface area contributed by atoms with E-state index in [1.165, 1.54) is 0 Å². The summed E-state index contributed by atoms with van der Waals surface area (Å²) in [4.78, 5) is 10.3. The lowest BCUT2D eigenvalue weighted by molar-refractivity contribution is -0.260. The van der Waals surface area contributed by atoms with E-state index in [-0.39, 0.29) is 0 Å². The van der Waals surface area contributed by atoms with E-state index < -0.39 is 31.5 Å². The zero-order valence-corrected chi connectivity index (χ0v) is 5.35. The number of carbonyl (C=O) groups is 1. The van der Waals surface area contributed by atoms with E-state index in [0.29, 0.717) is 0 Å². The van der Waals surface area contributed by atoms with E-state index in [1.807, 2.05) is 0 Å². The molecule has 0 aliphatic carbocycles. The summed E-state index contributed by atoms with van der Waals surface area (Å²) >= 11 is 0. The van der Waals surface area contributed by atoms with Gasteiger partial charge in [0.25, 0.3) is 0 Å². The summed E-state index contributed by atoms with van der Waals surface area (Å²) in [6, 6.07) is 0. The Bertz CT molecular complexity index is 165. The lowest BCUT2D eigenvalue weighted by Gasteiger charge is -2.23. The molecule has 1 rings (SSSR count). The molecular weight excluding hydrogens is 165 g/mol. The zero-order chi connectivity index (χ0) is 8.48. The van der Waals surface area contributed by atoms with Crippen LogP contribution < -0.4 is 0 Å². The third-order valence-corrected chi connectivity index (χ3v) is 1.21. The Morgan fingerprint density at radius 2 is 2.09 bits per heavy atom. The van der Waals surface area contributed by atoms with Crippen LogP contribution in [0, 0.1) is 0 Å². The minimum Gasteiger partial charge on any atom is -0.438 e. The summed E-state index contributed by atoms with van der Waals surface area (Å²) in [7, 11) is 0. The van der Waals surface area contributed by atoms with Crippen LogP contribution in [0.25, 0.3) is 0 Å². The summed E-state index contributed by atoms with van der Waals surface area (Å²) in [6.45, 7) is -0.608. The highest BCUT2D eigenvalue weighted by atomic mass is 19.4. The number of esters is 1. The first-order valence-electron chi connectivity index (χ1n) is 2.84. The molecule has 1 saturated heterocycles. The van der Waals surface area contributed by atoms with Crippen LogP contribution in [0.4, 0.5) is 13.2 Å². The standard InChI is InChI=1S/C5H5F3O3/c6-5(7,8)3-1-4(9)11-2-10-3/h3H,1-2H2. The van der Waals surface area contributed by atoms with Crippen LogP contribution in [-0.4, -0.2) is 25.0 Å². The molecule has 1 unspecified atom stereocenters. The summed E-state index contributed by atoms with van der Waals surface area (Å²) in [6.07, 6.45) is -7.22. The molecule has 0 aromatic heterocycles. The molecule has 3 nitrogen and oxygen atoms in total. The van der Waals surface area contributed by atoms with Crippen molar-refractivity contribution in [2.45, 2.75) is 18.7 Å². The predicted molar refractivity (Wildman–Crippen MR) is 26.5 cm³/mol. The van der Waals surface area contributed by atoms with Crippen molar-refractivity contribution >= 4 is 5.97 Å². The molecule has 1 aliphatic rings. The maximum absolute atomic E-state index is 11.8. The van der Waals surface area contributed by atoms with E-state index in [0.717, 1.165) is 0 Å². The topological polar surface area (TPSA) is 35.5 Å². The van der Waals surface area contributed by atoms with Crippen molar-refractivity contribution in [3.63, 3.8) is 0 Å². The first-order chi connectivity index (χ1) is 5.00. The van der Waals surface area contributed by atoms with Crippen LogP contribution in [0.15, 0.2) is 0 Å². The Kier molecular flexibility index (Phi) is 2.03. The molecule has 0 aromatic carbocycles. The Morgan fingerprint density at radius 3 is 2.45 bits per heavy atom. The second kappa shape index (κ2) is 2.69. The average Bonchev–Trinajstić information content (AvgIpc) is 1.86. The molecule has 0 amide bonds. The van der Waals surface area contributed by atoms with Crippen LogP contribution >= 0.6 is 0 Å². The molecule has 64 valence electrons. The van der Waals surface area contributed by atoms with Gasteiger partial charge in [-0.1, -0.05) is 0 Å². The predicted octanol–water partition coefficient (Wildman–Crippen LogP) is 0.838. The van der Waals surface area contributed by atoms with Gasteiger partial charge >= 0.3 is 12.1 Å². The summed E-state index contributed by atoms with van der Waals surface area (Å²) in [5.41, 5.74) is 0. The molecule has 0 radical (unpaired) electrons. The lowest BCUT2D eigenvalue weighted by atomic mass is 10.2. The minimum atomic E-state index is -4.47. The van der Waals surface area contributed by atoms with Crippen LogP contribution in [0.3, 0.4) is 0 Å². The van der Waals surface area contributed by atoms with Crippen LogP contribution in [0.1, 0.15) is 6.42 Å². The van der Waals surface area contributed by atoms with E-state index in [1.54, 1.807) is 0 Å². The minimum absolute atomic E-state index is 0.608. The van der Waals surface area contributed by atoms with Crippen molar-refractivity contribution in [3.05, 3.63) is 0 Å². The fourth-order valence-corrected chi connectivity index (χ4v) is 0.661. The van der Waals surface area contributed by atoms with E-state index in [4.69, 9.17) is 0 Å². The van der Waals surface area contributed by atoms with E-state index in [9.17, 15) is 18.0 Å². The largest absolute Gasteiger partial charge is 0.438 e. The van der Waals surface area contributed by atoms with Gasteiger partial charge in [-0.3, -0.25) is 4.79 Å². The van der Waals surface area contributed by atoms with E-state index >= 15 is 0 Å². The lowest BCUT2D eigenvalue weighted by Crippen LogP contribution is -2.38. The maximum atomic E-state index is 11.8. The van der Waals surface area contributed by atoms with Crippen LogP contribution in [0.5, 0.6) is 0 Å². The van der Waals surface area contributed by atoms with Gasteiger partial charge < -0.3 is 9.47 Å². The molecule has 1 atom stereocenters. The highest BCUT2D eigenvalue weighted by Crippen LogP contribution is 2.27. The molecule has 0 spiro atoms. The van der Waals surface area contributed by atoms with Crippen molar-refractivity contribution in [2.75, 3.05) is 6.79 Å². The average molecular weight is 170 g/mol. The normalized spacial score (nSPS) is 26.5. The third-order valence-electron chi connectivity index (χ3n) is 1.21. The molecule has 0 bridgehead atoms. The highest BCUT2D eigenvalue weighted by Gasteiger charge is 2.44. The van der Waals surface area contributed by atoms with Gasteiger partial charge in [0, 0.05) is 0 Å². The fourth-order valence-electron chi connectivity index (χ4n) is 0.661. The molecule has 6 heteroatoms. The quantitative estimate of drug-likeness (QED) is 0.505. The second-order valence-electron chi connectivity index (χ2n) is 2.04. The Morgan fingerprint density at radius 1 is 1.45 bits per heavy atom. The Labute approximate surface area is 60.1 Å². The maximum Gasteiger partial charge on any atom is 0.415 e. The van der Waals surface area contributed by atoms with Gasteiger partial charge in [-0.05, 0) is 0 Å². The van der Waals surface area contributed by atoms with Crippen molar-refractivity contribution < 1.29 is 27.4 Å². The number of cyclic esters (lactones) is 1. The number of ether oxygens (including phenoxy) is 2. The van der Waals surface area contributed by atoms with Crippen molar-refractivity contribution in [3.8, 4) is 0 Å². The number of carbonyl (C=O) groups excluding carboxylic acids is 1. The number of alkyl halides is 3. The van der Waals surface area contributed by atoms with Crippen LogP contribution in [0.2, 0.25) is 0 Å². The Hall–Kier alpha value is -0.780. The number of hydrogen-bond acceptors (Lipinski definition) is 3. The highest BCUT2D eigenvalue weighted by molar-refractivity contribution is 5.70. The van der Waals surface area contributed by atoms with Gasteiger partial charge in [-0.25, -0.2) is 0 Å². The van der Waals surface area contributed by atoms with Gasteiger partial charge in [-0.15, -0.1) is 0 Å². The number of rotatable bonds is 0. The van der Waals surface area contributed by atoms with Gasteiger partial charge in [0.1, 0.15) is 0 Å². The SMILES string of the molecule is O=C1CC(C(F)(F)F)OCO1. The molecule has 1 fully saturated rings. The number of halogens is 3. The first-order valence-corrected chi connectivity index (χ1v) is 2.84. The third kappa shape index (κ3) is 2.07. The van der Waals surface area contributed by atoms with Gasteiger partial charge in [0.05, 0.1) is 6.42 Å². The summed E-state index contributed by atoms with van der Waals surface area (Å²) in [5, 5.41) is 0. The summed E-state index contributed by atoms with van der Waals surface area (Å²) in [5.74, 6) is -0.876. The smallest absolute Gasteiger partial charge is 0.415 e. The zero-order valence-electron chi connectivity index (χ0n) is 5.35. The summed E-state index contributed by atoms with van der Waals surface area (Å²) < 4.78 is 43.6. The Balaban J connectivity index is 2.53. The fraction of sp³-hybridized carbons (Fsp3) is 0.800. The number of hydrogen-bond donors (Lipinski definition) is 0. The molecule has 1 aliphatic heterocycles. The van der Waals surface area contributed by atoms with Crippen molar-refractivity contribution in [1.82, 2.24) is 0 Å². The molecule has 0 N–H and O–H groups in total. The first kappa shape index (κ1) is 8.32. The van der Waals surface area contributed by atoms with Gasteiger partial charge in [0.15, 0.2) is 12.9 Å². The molecule has 0 saturated carbocycles. The molecule has 0 aromatic rings. The van der Waals surface area contributed by atoms with Crippen molar-refractivity contribution in [1.29, 1.82) is 0 Å². The van der Waals surface area contributed by atoms with Crippen molar-refractivity contribution in [2.24, 2.45) is 0 Å². The second-order valence-corrected chi connectivity index (χ2v) is 2.04. The molecular formula is C5H5F3O3. The van der Waals surface area contributed by atoms with Crippen LogP contribution in [-0.2, 0) is 14.3 Å². The van der Waals surface area contributed by atoms with E-state index in [2.05, 4.69) is 9.47 Å². The monoisotopic (exact) mass is 170 g/mol. The molecule has 11 heavy (non-hydrogen) atoms.